The van der Waals surface area contributed by atoms with Gasteiger partial charge in [0.25, 0.3) is 0 Å². The zero-order chi connectivity index (χ0) is 10.6. The quantitative estimate of drug-likeness (QED) is 0.786. The Balaban J connectivity index is 2.69. The minimum atomic E-state index is -1.24. The van der Waals surface area contributed by atoms with Crippen molar-refractivity contribution in [1.82, 2.24) is 5.32 Å². The summed E-state index contributed by atoms with van der Waals surface area (Å²) in [5, 5.41) is 2.92. The molecule has 0 radical (unpaired) electrons. The highest BCUT2D eigenvalue weighted by Crippen LogP contribution is 2.24. The molecule has 1 aromatic carbocycles. The van der Waals surface area contributed by atoms with Crippen LogP contribution in [-0.2, 0) is 0 Å². The van der Waals surface area contributed by atoms with Gasteiger partial charge < -0.3 is 5.32 Å². The molecule has 1 aromatic rings. The Morgan fingerprint density at radius 3 is 2.57 bits per heavy atom. The summed E-state index contributed by atoms with van der Waals surface area (Å²) in [6, 6.07) is 6.03. The molecule has 0 amide bonds. The largest absolute Gasteiger partial charge is 0.317 e. The van der Waals surface area contributed by atoms with E-state index in [-0.39, 0.29) is 18.0 Å². The van der Waals surface area contributed by atoms with Gasteiger partial charge >= 0.3 is 0 Å². The molecule has 1 N–H and O–H groups in total. The SMILES string of the molecule is CNC(C)CC(F)c1ccccc1F. The predicted molar refractivity (Wildman–Crippen MR) is 53.4 cm³/mol. The fourth-order valence-corrected chi connectivity index (χ4v) is 1.28. The summed E-state index contributed by atoms with van der Waals surface area (Å²) in [7, 11) is 1.76. The van der Waals surface area contributed by atoms with Gasteiger partial charge in [-0.15, -0.1) is 0 Å². The van der Waals surface area contributed by atoms with Crippen molar-refractivity contribution in [2.75, 3.05) is 7.05 Å². The van der Waals surface area contributed by atoms with Crippen LogP contribution in [0.2, 0.25) is 0 Å². The third kappa shape index (κ3) is 2.77. The Morgan fingerprint density at radius 2 is 2.00 bits per heavy atom. The third-order valence-corrected chi connectivity index (χ3v) is 2.30. The van der Waals surface area contributed by atoms with E-state index in [1.165, 1.54) is 12.1 Å². The number of benzene rings is 1. The fourth-order valence-electron chi connectivity index (χ4n) is 1.28. The van der Waals surface area contributed by atoms with Gasteiger partial charge in [0.05, 0.1) is 0 Å². The van der Waals surface area contributed by atoms with E-state index in [0.29, 0.717) is 0 Å². The number of hydrogen-bond donors (Lipinski definition) is 1. The summed E-state index contributed by atoms with van der Waals surface area (Å²) in [5.74, 6) is -0.469. The first-order chi connectivity index (χ1) is 6.65. The van der Waals surface area contributed by atoms with Crippen LogP contribution in [0.25, 0.3) is 0 Å². The highest BCUT2D eigenvalue weighted by atomic mass is 19.1. The molecular formula is C11H15F2N. The minimum absolute atomic E-state index is 0.0459. The number of hydrogen-bond acceptors (Lipinski definition) is 1. The van der Waals surface area contributed by atoms with Crippen molar-refractivity contribution in [2.24, 2.45) is 0 Å². The zero-order valence-corrected chi connectivity index (χ0v) is 8.43. The van der Waals surface area contributed by atoms with Gasteiger partial charge in [-0.2, -0.15) is 0 Å². The standard InChI is InChI=1S/C11H15F2N/c1-8(14-2)7-11(13)9-5-3-4-6-10(9)12/h3-6,8,11,14H,7H2,1-2H3. The molecule has 2 atom stereocenters. The van der Waals surface area contributed by atoms with Gasteiger partial charge in [0.2, 0.25) is 0 Å². The molecule has 0 aliphatic heterocycles. The van der Waals surface area contributed by atoms with Crippen molar-refractivity contribution < 1.29 is 8.78 Å². The monoisotopic (exact) mass is 199 g/mol. The molecule has 0 bridgehead atoms. The van der Waals surface area contributed by atoms with Crippen LogP contribution in [0, 0.1) is 5.82 Å². The molecule has 1 nitrogen and oxygen atoms in total. The summed E-state index contributed by atoms with van der Waals surface area (Å²) < 4.78 is 26.7. The molecule has 1 rings (SSSR count). The lowest BCUT2D eigenvalue weighted by atomic mass is 10.0. The van der Waals surface area contributed by atoms with E-state index in [9.17, 15) is 8.78 Å². The average molecular weight is 199 g/mol. The lowest BCUT2D eigenvalue weighted by Crippen LogP contribution is -2.22. The van der Waals surface area contributed by atoms with E-state index in [4.69, 9.17) is 0 Å². The van der Waals surface area contributed by atoms with Gasteiger partial charge in [0.15, 0.2) is 0 Å². The molecule has 0 aliphatic rings. The molecule has 0 aromatic heterocycles. The van der Waals surface area contributed by atoms with Crippen LogP contribution in [0.1, 0.15) is 25.1 Å². The highest BCUT2D eigenvalue weighted by molar-refractivity contribution is 5.19. The molecule has 0 heterocycles. The molecule has 14 heavy (non-hydrogen) atoms. The Labute approximate surface area is 83.1 Å². The number of nitrogens with one attached hydrogen (secondary N) is 1. The second-order valence-corrected chi connectivity index (χ2v) is 3.41. The second-order valence-electron chi connectivity index (χ2n) is 3.41. The maximum Gasteiger partial charge on any atom is 0.129 e. The summed E-state index contributed by atoms with van der Waals surface area (Å²) >= 11 is 0. The van der Waals surface area contributed by atoms with E-state index in [0.717, 1.165) is 0 Å². The molecule has 0 fully saturated rings. The van der Waals surface area contributed by atoms with Crippen LogP contribution in [0.15, 0.2) is 24.3 Å². The maximum atomic E-state index is 13.6. The van der Waals surface area contributed by atoms with Crippen molar-refractivity contribution in [3.63, 3.8) is 0 Å². The summed E-state index contributed by atoms with van der Waals surface area (Å²) in [6.45, 7) is 1.87. The lowest BCUT2D eigenvalue weighted by molar-refractivity contribution is 0.287. The molecule has 3 heteroatoms. The van der Waals surface area contributed by atoms with E-state index >= 15 is 0 Å². The van der Waals surface area contributed by atoms with E-state index < -0.39 is 12.0 Å². The van der Waals surface area contributed by atoms with Crippen LogP contribution in [-0.4, -0.2) is 13.1 Å². The summed E-state index contributed by atoms with van der Waals surface area (Å²) in [4.78, 5) is 0. The van der Waals surface area contributed by atoms with Gasteiger partial charge in [-0.1, -0.05) is 18.2 Å². The molecule has 2 unspecified atom stereocenters. The molecule has 0 spiro atoms. The van der Waals surface area contributed by atoms with Crippen molar-refractivity contribution in [2.45, 2.75) is 25.6 Å². The normalized spacial score (nSPS) is 15.1. The number of rotatable bonds is 4. The zero-order valence-electron chi connectivity index (χ0n) is 8.43. The summed E-state index contributed by atoms with van der Waals surface area (Å²) in [5.41, 5.74) is 0.148. The van der Waals surface area contributed by atoms with Crippen LogP contribution < -0.4 is 5.32 Å². The van der Waals surface area contributed by atoms with E-state index in [1.807, 2.05) is 6.92 Å². The van der Waals surface area contributed by atoms with Gasteiger partial charge in [0, 0.05) is 11.6 Å². The van der Waals surface area contributed by atoms with Gasteiger partial charge in [-0.05, 0) is 26.5 Å². The Kier molecular flexibility index (Phi) is 4.01. The second kappa shape index (κ2) is 5.05. The van der Waals surface area contributed by atoms with Crippen LogP contribution in [0.4, 0.5) is 8.78 Å². The molecule has 0 aliphatic carbocycles. The summed E-state index contributed by atoms with van der Waals surface area (Å²) in [6.07, 6.45) is -0.948. The first kappa shape index (κ1) is 11.1. The first-order valence-corrected chi connectivity index (χ1v) is 4.71. The maximum absolute atomic E-state index is 13.6. The minimum Gasteiger partial charge on any atom is -0.317 e. The van der Waals surface area contributed by atoms with Crippen molar-refractivity contribution >= 4 is 0 Å². The smallest absolute Gasteiger partial charge is 0.129 e. The number of alkyl halides is 1. The molecule has 0 saturated heterocycles. The van der Waals surface area contributed by atoms with Gasteiger partial charge in [-0.25, -0.2) is 8.78 Å². The van der Waals surface area contributed by atoms with Crippen LogP contribution >= 0.6 is 0 Å². The fraction of sp³-hybridized carbons (Fsp3) is 0.455. The highest BCUT2D eigenvalue weighted by Gasteiger charge is 2.16. The Hall–Kier alpha value is -0.960. The van der Waals surface area contributed by atoms with Crippen LogP contribution in [0.5, 0.6) is 0 Å². The number of halogens is 2. The third-order valence-electron chi connectivity index (χ3n) is 2.30. The van der Waals surface area contributed by atoms with Crippen molar-refractivity contribution in [3.8, 4) is 0 Å². The lowest BCUT2D eigenvalue weighted by Gasteiger charge is -2.14. The average Bonchev–Trinajstić information content (AvgIpc) is 2.18. The predicted octanol–water partition coefficient (Wildman–Crippen LogP) is 2.83. The Morgan fingerprint density at radius 1 is 1.36 bits per heavy atom. The van der Waals surface area contributed by atoms with Crippen molar-refractivity contribution in [3.05, 3.63) is 35.6 Å². The first-order valence-electron chi connectivity index (χ1n) is 4.71. The van der Waals surface area contributed by atoms with Crippen LogP contribution in [0.3, 0.4) is 0 Å². The van der Waals surface area contributed by atoms with E-state index in [2.05, 4.69) is 5.32 Å². The van der Waals surface area contributed by atoms with Gasteiger partial charge in [0.1, 0.15) is 12.0 Å². The topological polar surface area (TPSA) is 12.0 Å². The molecular weight excluding hydrogens is 184 g/mol. The van der Waals surface area contributed by atoms with Crippen molar-refractivity contribution in [1.29, 1.82) is 0 Å². The Bertz CT molecular complexity index is 288. The molecule has 0 saturated carbocycles. The molecule has 78 valence electrons. The van der Waals surface area contributed by atoms with Gasteiger partial charge in [-0.3, -0.25) is 0 Å². The van der Waals surface area contributed by atoms with E-state index in [1.54, 1.807) is 19.2 Å².